The molecule has 2 rings (SSSR count). The van der Waals surface area contributed by atoms with E-state index < -0.39 is 0 Å². The Kier molecular flexibility index (Phi) is 5.69. The maximum Gasteiger partial charge on any atom is 0.248 e. The number of rotatable bonds is 4. The van der Waals surface area contributed by atoms with Crippen molar-refractivity contribution in [1.82, 2.24) is 0 Å². The molecule has 120 valence electrons. The molecular weight excluding hydrogens is 333 g/mol. The van der Waals surface area contributed by atoms with Crippen molar-refractivity contribution in [1.29, 1.82) is 0 Å². The predicted octanol–water partition coefficient (Wildman–Crippen LogP) is 5.27. The molecule has 2 aromatic carbocycles. The minimum atomic E-state index is -0.239. The van der Waals surface area contributed by atoms with Crippen molar-refractivity contribution in [2.75, 3.05) is 12.4 Å². The van der Waals surface area contributed by atoms with Crippen molar-refractivity contribution >= 4 is 40.9 Å². The van der Waals surface area contributed by atoms with E-state index in [1.165, 1.54) is 13.2 Å². The third-order valence-corrected chi connectivity index (χ3v) is 3.81. The van der Waals surface area contributed by atoms with Crippen LogP contribution in [0.3, 0.4) is 0 Å². The molecule has 0 bridgehead atoms. The number of hydrogen-bond acceptors (Lipinski definition) is 2. The molecule has 2 aromatic rings. The average Bonchev–Trinajstić information content (AvgIpc) is 2.48. The first kappa shape index (κ1) is 17.4. The fourth-order valence-electron chi connectivity index (χ4n) is 2.13. The van der Waals surface area contributed by atoms with Gasteiger partial charge in [-0.1, -0.05) is 35.3 Å². The van der Waals surface area contributed by atoms with Gasteiger partial charge in [0.05, 0.1) is 12.1 Å². The Morgan fingerprint density at radius 1 is 1.17 bits per heavy atom. The molecule has 0 aliphatic heterocycles. The summed E-state index contributed by atoms with van der Waals surface area (Å²) in [5.74, 6) is 0.240. The van der Waals surface area contributed by atoms with E-state index in [0.717, 1.165) is 16.8 Å². The van der Waals surface area contributed by atoms with Gasteiger partial charge in [0.2, 0.25) is 5.91 Å². The van der Waals surface area contributed by atoms with Crippen LogP contribution in [0.4, 0.5) is 5.69 Å². The summed E-state index contributed by atoms with van der Waals surface area (Å²) in [6.45, 7) is 3.92. The summed E-state index contributed by atoms with van der Waals surface area (Å²) in [6.07, 6.45) is 3.04. The minimum Gasteiger partial charge on any atom is -0.495 e. The lowest BCUT2D eigenvalue weighted by molar-refractivity contribution is -0.111. The summed E-state index contributed by atoms with van der Waals surface area (Å²) in [4.78, 5) is 12.1. The van der Waals surface area contributed by atoms with E-state index in [-0.39, 0.29) is 5.91 Å². The van der Waals surface area contributed by atoms with Gasteiger partial charge in [0.1, 0.15) is 5.75 Å². The van der Waals surface area contributed by atoms with Crippen molar-refractivity contribution in [3.8, 4) is 5.75 Å². The molecule has 0 heterocycles. The quantitative estimate of drug-likeness (QED) is 0.763. The third kappa shape index (κ3) is 4.50. The first-order valence-electron chi connectivity index (χ1n) is 7.00. The molecule has 0 saturated carbocycles. The molecule has 0 atom stereocenters. The Bertz CT molecular complexity index is 770. The SMILES string of the molecule is COc1c(Cl)cc(Cl)cc1C=CC(=O)Nc1cc(C)ccc1C. The van der Waals surface area contributed by atoms with Crippen LogP contribution in [0.1, 0.15) is 16.7 Å². The number of ether oxygens (including phenoxy) is 1. The molecular formula is C18H17Cl2NO2. The maximum absolute atomic E-state index is 12.1. The Balaban J connectivity index is 2.20. The van der Waals surface area contributed by atoms with E-state index in [1.807, 2.05) is 32.0 Å². The molecule has 0 aromatic heterocycles. The number of hydrogen-bond donors (Lipinski definition) is 1. The highest BCUT2D eigenvalue weighted by Gasteiger charge is 2.08. The van der Waals surface area contributed by atoms with E-state index in [0.29, 0.717) is 21.4 Å². The van der Waals surface area contributed by atoms with E-state index in [2.05, 4.69) is 5.32 Å². The zero-order valence-electron chi connectivity index (χ0n) is 13.1. The normalized spacial score (nSPS) is 10.8. The zero-order chi connectivity index (χ0) is 17.0. The summed E-state index contributed by atoms with van der Waals surface area (Å²) in [7, 11) is 1.52. The number of nitrogens with one attached hydrogen (secondary N) is 1. The van der Waals surface area contributed by atoms with Crippen LogP contribution in [-0.2, 0) is 4.79 Å². The van der Waals surface area contributed by atoms with Crippen LogP contribution in [-0.4, -0.2) is 13.0 Å². The van der Waals surface area contributed by atoms with Crippen LogP contribution in [0.25, 0.3) is 6.08 Å². The third-order valence-electron chi connectivity index (χ3n) is 3.31. The fourth-order valence-corrected chi connectivity index (χ4v) is 2.72. The van der Waals surface area contributed by atoms with Gasteiger partial charge >= 0.3 is 0 Å². The highest BCUT2D eigenvalue weighted by molar-refractivity contribution is 6.36. The number of carbonyl (C=O) groups excluding carboxylic acids is 1. The number of benzene rings is 2. The summed E-state index contributed by atoms with van der Waals surface area (Å²) < 4.78 is 5.24. The van der Waals surface area contributed by atoms with Gasteiger partial charge in [0.15, 0.2) is 0 Å². The first-order valence-corrected chi connectivity index (χ1v) is 7.75. The Labute approximate surface area is 145 Å². The van der Waals surface area contributed by atoms with Crippen molar-refractivity contribution < 1.29 is 9.53 Å². The highest BCUT2D eigenvalue weighted by Crippen LogP contribution is 2.33. The van der Waals surface area contributed by atoms with Crippen molar-refractivity contribution in [3.63, 3.8) is 0 Å². The Hall–Kier alpha value is -1.97. The Morgan fingerprint density at radius 3 is 2.61 bits per heavy atom. The van der Waals surface area contributed by atoms with Gasteiger partial charge in [-0.3, -0.25) is 4.79 Å². The average molecular weight is 350 g/mol. The second-order valence-electron chi connectivity index (χ2n) is 5.15. The predicted molar refractivity (Wildman–Crippen MR) is 96.6 cm³/mol. The number of anilines is 1. The van der Waals surface area contributed by atoms with Gasteiger partial charge < -0.3 is 10.1 Å². The molecule has 0 radical (unpaired) electrons. The van der Waals surface area contributed by atoms with Crippen molar-refractivity contribution in [2.24, 2.45) is 0 Å². The molecule has 1 N–H and O–H groups in total. The maximum atomic E-state index is 12.1. The van der Waals surface area contributed by atoms with E-state index in [9.17, 15) is 4.79 Å². The second-order valence-corrected chi connectivity index (χ2v) is 5.99. The van der Waals surface area contributed by atoms with Crippen LogP contribution >= 0.6 is 23.2 Å². The lowest BCUT2D eigenvalue weighted by Gasteiger charge is -2.09. The molecule has 0 aliphatic rings. The van der Waals surface area contributed by atoms with Crippen LogP contribution in [0.5, 0.6) is 5.75 Å². The molecule has 5 heteroatoms. The van der Waals surface area contributed by atoms with Crippen LogP contribution in [0.2, 0.25) is 10.0 Å². The summed E-state index contributed by atoms with van der Waals surface area (Å²) in [6, 6.07) is 9.18. The van der Waals surface area contributed by atoms with Gasteiger partial charge in [0, 0.05) is 22.3 Å². The van der Waals surface area contributed by atoms with Gasteiger partial charge in [-0.05, 0) is 49.2 Å². The summed E-state index contributed by atoms with van der Waals surface area (Å²) in [5, 5.41) is 3.73. The van der Waals surface area contributed by atoms with E-state index in [1.54, 1.807) is 18.2 Å². The lowest BCUT2D eigenvalue weighted by Crippen LogP contribution is -2.09. The van der Waals surface area contributed by atoms with Crippen molar-refractivity contribution in [2.45, 2.75) is 13.8 Å². The number of carbonyl (C=O) groups is 1. The van der Waals surface area contributed by atoms with Crippen molar-refractivity contribution in [3.05, 3.63) is 63.1 Å². The molecule has 0 fully saturated rings. The monoisotopic (exact) mass is 349 g/mol. The van der Waals surface area contributed by atoms with Crippen LogP contribution < -0.4 is 10.1 Å². The molecule has 3 nitrogen and oxygen atoms in total. The molecule has 0 aliphatic carbocycles. The van der Waals surface area contributed by atoms with Gasteiger partial charge in [0.25, 0.3) is 0 Å². The topological polar surface area (TPSA) is 38.3 Å². The first-order chi connectivity index (χ1) is 10.9. The van der Waals surface area contributed by atoms with Crippen LogP contribution in [0.15, 0.2) is 36.4 Å². The smallest absolute Gasteiger partial charge is 0.248 e. The fraction of sp³-hybridized carbons (Fsp3) is 0.167. The second kappa shape index (κ2) is 7.53. The number of amides is 1. The van der Waals surface area contributed by atoms with E-state index in [4.69, 9.17) is 27.9 Å². The molecule has 0 saturated heterocycles. The van der Waals surface area contributed by atoms with E-state index >= 15 is 0 Å². The zero-order valence-corrected chi connectivity index (χ0v) is 14.6. The molecule has 0 spiro atoms. The molecule has 1 amide bonds. The highest BCUT2D eigenvalue weighted by atomic mass is 35.5. The largest absolute Gasteiger partial charge is 0.495 e. The molecule has 0 unspecified atom stereocenters. The number of methoxy groups -OCH3 is 1. The lowest BCUT2D eigenvalue weighted by atomic mass is 10.1. The van der Waals surface area contributed by atoms with Crippen LogP contribution in [0, 0.1) is 13.8 Å². The summed E-state index contributed by atoms with van der Waals surface area (Å²) >= 11 is 12.1. The minimum absolute atomic E-state index is 0.239. The number of halogens is 2. The van der Waals surface area contributed by atoms with Gasteiger partial charge in [-0.2, -0.15) is 0 Å². The van der Waals surface area contributed by atoms with Gasteiger partial charge in [-0.15, -0.1) is 0 Å². The Morgan fingerprint density at radius 2 is 1.91 bits per heavy atom. The summed E-state index contributed by atoms with van der Waals surface area (Å²) in [5.41, 5.74) is 3.51. The number of aryl methyl sites for hydroxylation is 2. The standard InChI is InChI=1S/C18H17Cl2NO2/c1-11-4-5-12(2)16(8-11)21-17(22)7-6-13-9-14(19)10-15(20)18(13)23-3/h4-10H,1-3H3,(H,21,22). The van der Waals surface area contributed by atoms with Gasteiger partial charge in [-0.25, -0.2) is 0 Å². The molecule has 23 heavy (non-hydrogen) atoms.